The summed E-state index contributed by atoms with van der Waals surface area (Å²) in [6.45, 7) is 3.14. The number of rotatable bonds is 5. The van der Waals surface area contributed by atoms with Gasteiger partial charge in [0.05, 0.1) is 29.7 Å². The molecule has 6 heteroatoms. The summed E-state index contributed by atoms with van der Waals surface area (Å²) < 4.78 is 9.53. The quantitative estimate of drug-likeness (QED) is 0.917. The summed E-state index contributed by atoms with van der Waals surface area (Å²) in [6.07, 6.45) is 2.95. The van der Waals surface area contributed by atoms with Crippen LogP contribution in [0.2, 0.25) is 0 Å². The molecule has 3 nitrogen and oxygen atoms in total. The first-order valence-corrected chi connectivity index (χ1v) is 7.47. The molecule has 0 radical (unpaired) electrons. The minimum atomic E-state index is 0.160. The lowest BCUT2D eigenvalue weighted by Crippen LogP contribution is -2.22. The molecule has 0 aliphatic heterocycles. The van der Waals surface area contributed by atoms with E-state index in [0.29, 0.717) is 0 Å². The van der Waals surface area contributed by atoms with Gasteiger partial charge in [-0.1, -0.05) is 6.92 Å². The summed E-state index contributed by atoms with van der Waals surface area (Å²) in [4.78, 5) is 1.26. The Morgan fingerprint density at radius 3 is 3.00 bits per heavy atom. The highest BCUT2D eigenvalue weighted by molar-refractivity contribution is 9.10. The fourth-order valence-electron chi connectivity index (χ4n) is 1.43. The standard InChI is InChI=1S/C10H12BrN3S2/c1-2-4-12-9(8-6-13-16-14-8)10-7(11)3-5-15-10/h3,5-6,9,12H,2,4H2,1H3. The van der Waals surface area contributed by atoms with Crippen LogP contribution in [-0.2, 0) is 0 Å². The van der Waals surface area contributed by atoms with Crippen molar-refractivity contribution in [1.82, 2.24) is 14.1 Å². The maximum atomic E-state index is 4.32. The predicted molar refractivity (Wildman–Crippen MR) is 72.1 cm³/mol. The van der Waals surface area contributed by atoms with Crippen LogP contribution in [0.1, 0.15) is 30.0 Å². The molecule has 0 aliphatic carbocycles. The maximum absolute atomic E-state index is 4.32. The molecule has 86 valence electrons. The smallest absolute Gasteiger partial charge is 0.0966 e. The lowest BCUT2D eigenvalue weighted by Gasteiger charge is -2.15. The van der Waals surface area contributed by atoms with Crippen molar-refractivity contribution in [3.05, 3.63) is 32.7 Å². The van der Waals surface area contributed by atoms with Gasteiger partial charge in [-0.05, 0) is 40.3 Å². The van der Waals surface area contributed by atoms with Gasteiger partial charge in [-0.3, -0.25) is 0 Å². The third kappa shape index (κ3) is 2.68. The summed E-state index contributed by atoms with van der Waals surface area (Å²) in [5, 5.41) is 5.58. The Labute approximate surface area is 111 Å². The lowest BCUT2D eigenvalue weighted by atomic mass is 10.2. The van der Waals surface area contributed by atoms with Crippen LogP contribution < -0.4 is 5.32 Å². The van der Waals surface area contributed by atoms with Gasteiger partial charge in [-0.2, -0.15) is 8.75 Å². The van der Waals surface area contributed by atoms with Gasteiger partial charge in [0.2, 0.25) is 0 Å². The van der Waals surface area contributed by atoms with Crippen LogP contribution >= 0.6 is 39.0 Å². The number of halogens is 1. The Morgan fingerprint density at radius 2 is 2.44 bits per heavy atom. The first-order chi connectivity index (χ1) is 7.83. The minimum absolute atomic E-state index is 0.160. The summed E-state index contributed by atoms with van der Waals surface area (Å²) in [6, 6.07) is 2.23. The van der Waals surface area contributed by atoms with E-state index in [1.54, 1.807) is 11.3 Å². The molecule has 1 unspecified atom stereocenters. The third-order valence-electron chi connectivity index (χ3n) is 2.18. The van der Waals surface area contributed by atoms with E-state index in [2.05, 4.69) is 48.4 Å². The highest BCUT2D eigenvalue weighted by atomic mass is 79.9. The van der Waals surface area contributed by atoms with Gasteiger partial charge in [0.25, 0.3) is 0 Å². The average molecular weight is 318 g/mol. The van der Waals surface area contributed by atoms with E-state index >= 15 is 0 Å². The average Bonchev–Trinajstić information content (AvgIpc) is 2.91. The topological polar surface area (TPSA) is 37.8 Å². The Balaban J connectivity index is 2.25. The molecule has 2 heterocycles. The van der Waals surface area contributed by atoms with E-state index in [0.717, 1.165) is 23.1 Å². The van der Waals surface area contributed by atoms with Crippen molar-refractivity contribution in [1.29, 1.82) is 0 Å². The fraction of sp³-hybridized carbons (Fsp3) is 0.400. The van der Waals surface area contributed by atoms with Crippen molar-refractivity contribution < 1.29 is 0 Å². The molecule has 1 atom stereocenters. The summed E-state index contributed by atoms with van der Waals surface area (Å²) in [5.74, 6) is 0. The van der Waals surface area contributed by atoms with Gasteiger partial charge < -0.3 is 5.32 Å². The van der Waals surface area contributed by atoms with Crippen molar-refractivity contribution in [2.75, 3.05) is 6.54 Å². The zero-order chi connectivity index (χ0) is 11.4. The first kappa shape index (κ1) is 12.2. The van der Waals surface area contributed by atoms with Gasteiger partial charge >= 0.3 is 0 Å². The third-order valence-corrected chi connectivity index (χ3v) is 4.61. The van der Waals surface area contributed by atoms with Crippen molar-refractivity contribution in [3.63, 3.8) is 0 Å². The number of aromatic nitrogens is 2. The summed E-state index contributed by atoms with van der Waals surface area (Å²) in [5.41, 5.74) is 1.00. The predicted octanol–water partition coefficient (Wildman–Crippen LogP) is 3.45. The highest BCUT2D eigenvalue weighted by Gasteiger charge is 2.19. The SMILES string of the molecule is CCCNC(c1cnsn1)c1sccc1Br. The van der Waals surface area contributed by atoms with E-state index in [9.17, 15) is 0 Å². The lowest BCUT2D eigenvalue weighted by molar-refractivity contribution is 0.596. The Hall–Kier alpha value is -0.300. The van der Waals surface area contributed by atoms with E-state index in [4.69, 9.17) is 0 Å². The molecule has 2 aromatic rings. The van der Waals surface area contributed by atoms with E-state index in [1.165, 1.54) is 16.6 Å². The molecule has 0 fully saturated rings. The zero-order valence-corrected chi connectivity index (χ0v) is 12.0. The van der Waals surface area contributed by atoms with Crippen LogP contribution in [0.5, 0.6) is 0 Å². The van der Waals surface area contributed by atoms with Gasteiger partial charge in [0, 0.05) is 9.35 Å². The second-order valence-electron chi connectivity index (χ2n) is 3.35. The van der Waals surface area contributed by atoms with E-state index < -0.39 is 0 Å². The molecule has 0 amide bonds. The van der Waals surface area contributed by atoms with Gasteiger partial charge in [0.1, 0.15) is 0 Å². The number of nitrogens with one attached hydrogen (secondary N) is 1. The molecule has 16 heavy (non-hydrogen) atoms. The van der Waals surface area contributed by atoms with Crippen molar-refractivity contribution >= 4 is 39.0 Å². The molecular formula is C10H12BrN3S2. The van der Waals surface area contributed by atoms with Crippen molar-refractivity contribution in [2.24, 2.45) is 0 Å². The Bertz CT molecular complexity index is 427. The van der Waals surface area contributed by atoms with Crippen LogP contribution in [0.4, 0.5) is 0 Å². The molecule has 1 N–H and O–H groups in total. The number of hydrogen-bond donors (Lipinski definition) is 1. The molecule has 2 aromatic heterocycles. The maximum Gasteiger partial charge on any atom is 0.0966 e. The van der Waals surface area contributed by atoms with Gasteiger partial charge in [0.15, 0.2) is 0 Å². The number of hydrogen-bond acceptors (Lipinski definition) is 5. The molecule has 0 bridgehead atoms. The van der Waals surface area contributed by atoms with Crippen LogP contribution in [0.15, 0.2) is 22.1 Å². The molecule has 0 aliphatic rings. The molecule has 0 aromatic carbocycles. The van der Waals surface area contributed by atoms with Crippen molar-refractivity contribution in [3.8, 4) is 0 Å². The van der Waals surface area contributed by atoms with Crippen LogP contribution in [0.25, 0.3) is 0 Å². The first-order valence-electron chi connectivity index (χ1n) is 5.06. The van der Waals surface area contributed by atoms with Crippen LogP contribution in [-0.4, -0.2) is 15.3 Å². The van der Waals surface area contributed by atoms with E-state index in [-0.39, 0.29) is 6.04 Å². The van der Waals surface area contributed by atoms with Crippen molar-refractivity contribution in [2.45, 2.75) is 19.4 Å². The highest BCUT2D eigenvalue weighted by Crippen LogP contribution is 2.32. The number of thiophene rings is 1. The number of nitrogens with zero attached hydrogens (tertiary/aromatic N) is 2. The van der Waals surface area contributed by atoms with Gasteiger partial charge in [-0.25, -0.2) is 0 Å². The minimum Gasteiger partial charge on any atom is -0.304 e. The van der Waals surface area contributed by atoms with Gasteiger partial charge in [-0.15, -0.1) is 11.3 Å². The molecule has 0 spiro atoms. The molecular weight excluding hydrogens is 306 g/mol. The summed E-state index contributed by atoms with van der Waals surface area (Å²) >= 11 is 6.56. The monoisotopic (exact) mass is 317 g/mol. The van der Waals surface area contributed by atoms with E-state index in [1.807, 2.05) is 6.20 Å². The van der Waals surface area contributed by atoms with Crippen LogP contribution in [0, 0.1) is 0 Å². The fourth-order valence-corrected chi connectivity index (χ4v) is 3.57. The molecule has 0 saturated carbocycles. The molecule has 0 saturated heterocycles. The Morgan fingerprint density at radius 1 is 1.56 bits per heavy atom. The largest absolute Gasteiger partial charge is 0.304 e. The van der Waals surface area contributed by atoms with Crippen LogP contribution in [0.3, 0.4) is 0 Å². The second kappa shape index (κ2) is 5.86. The zero-order valence-electron chi connectivity index (χ0n) is 8.81. The Kier molecular flexibility index (Phi) is 4.45. The summed E-state index contributed by atoms with van der Waals surface area (Å²) in [7, 11) is 0. The normalized spacial score (nSPS) is 12.9. The molecule has 2 rings (SSSR count). The second-order valence-corrected chi connectivity index (χ2v) is 5.71.